The van der Waals surface area contributed by atoms with Crippen molar-refractivity contribution in [3.63, 3.8) is 0 Å². The smallest absolute Gasteiger partial charge is 0.418 e. The van der Waals surface area contributed by atoms with Crippen LogP contribution >= 0.6 is 0 Å². The number of alkyl halides is 3. The van der Waals surface area contributed by atoms with E-state index >= 15 is 0 Å². The van der Waals surface area contributed by atoms with Gasteiger partial charge in [0.05, 0.1) is 11.3 Å². The van der Waals surface area contributed by atoms with E-state index in [1.807, 2.05) is 0 Å². The highest BCUT2D eigenvalue weighted by Gasteiger charge is 2.42. The Kier molecular flexibility index (Phi) is 5.60. The molecular weight excluding hydrogens is 401 g/mol. The van der Waals surface area contributed by atoms with Crippen LogP contribution < -0.4 is 20.7 Å². The van der Waals surface area contributed by atoms with Crippen molar-refractivity contribution in [3.05, 3.63) is 42.0 Å². The minimum Gasteiger partial charge on any atom is -0.476 e. The van der Waals surface area contributed by atoms with Crippen LogP contribution in [0.3, 0.4) is 0 Å². The SMILES string of the molecule is CC(C)C1Oc2ccc(N)nc2N(C(C)C(=O)Nc2ccccc2C(F)(F)F)C1=O. The summed E-state index contributed by atoms with van der Waals surface area (Å²) < 4.78 is 45.4. The molecule has 0 spiro atoms. The van der Waals surface area contributed by atoms with Crippen LogP contribution in [0.5, 0.6) is 5.75 Å². The number of anilines is 3. The Labute approximate surface area is 171 Å². The van der Waals surface area contributed by atoms with Crippen LogP contribution in [0.15, 0.2) is 36.4 Å². The molecule has 0 saturated heterocycles. The number of nitrogen functional groups attached to an aromatic ring is 1. The number of carbonyl (C=O) groups is 2. The first-order valence-electron chi connectivity index (χ1n) is 9.24. The Morgan fingerprint density at radius 1 is 1.20 bits per heavy atom. The van der Waals surface area contributed by atoms with Crippen molar-refractivity contribution in [2.75, 3.05) is 16.0 Å². The monoisotopic (exact) mass is 422 g/mol. The van der Waals surface area contributed by atoms with Gasteiger partial charge in [0.1, 0.15) is 11.9 Å². The number of benzene rings is 1. The molecule has 2 amide bonds. The third-order valence-corrected chi connectivity index (χ3v) is 4.69. The van der Waals surface area contributed by atoms with Gasteiger partial charge in [0.25, 0.3) is 5.91 Å². The van der Waals surface area contributed by atoms with E-state index < -0.39 is 41.4 Å². The number of carbonyl (C=O) groups excluding carboxylic acids is 2. The molecule has 160 valence electrons. The number of hydrogen-bond donors (Lipinski definition) is 2. The van der Waals surface area contributed by atoms with E-state index in [1.165, 1.54) is 31.2 Å². The Morgan fingerprint density at radius 2 is 1.87 bits per heavy atom. The van der Waals surface area contributed by atoms with Crippen LogP contribution in [0, 0.1) is 5.92 Å². The van der Waals surface area contributed by atoms with Gasteiger partial charge in [-0.05, 0) is 37.1 Å². The van der Waals surface area contributed by atoms with Gasteiger partial charge in [-0.15, -0.1) is 0 Å². The van der Waals surface area contributed by atoms with Gasteiger partial charge < -0.3 is 15.8 Å². The highest BCUT2D eigenvalue weighted by atomic mass is 19.4. The molecule has 30 heavy (non-hydrogen) atoms. The molecule has 2 aromatic rings. The van der Waals surface area contributed by atoms with Gasteiger partial charge in [-0.25, -0.2) is 4.98 Å². The van der Waals surface area contributed by atoms with Crippen LogP contribution in [-0.2, 0) is 15.8 Å². The Morgan fingerprint density at radius 3 is 2.50 bits per heavy atom. The fraction of sp³-hybridized carbons (Fsp3) is 0.350. The van der Waals surface area contributed by atoms with E-state index in [2.05, 4.69) is 10.3 Å². The van der Waals surface area contributed by atoms with Gasteiger partial charge in [-0.1, -0.05) is 26.0 Å². The third kappa shape index (κ3) is 4.03. The number of nitrogens with one attached hydrogen (secondary N) is 1. The molecule has 3 rings (SSSR count). The third-order valence-electron chi connectivity index (χ3n) is 4.69. The number of ether oxygens (including phenoxy) is 1. The number of fused-ring (bicyclic) bond motifs is 1. The second-order valence-corrected chi connectivity index (χ2v) is 7.26. The zero-order valence-electron chi connectivity index (χ0n) is 16.5. The van der Waals surface area contributed by atoms with Gasteiger partial charge in [-0.3, -0.25) is 14.5 Å². The predicted molar refractivity (Wildman–Crippen MR) is 105 cm³/mol. The lowest BCUT2D eigenvalue weighted by atomic mass is 10.0. The van der Waals surface area contributed by atoms with E-state index in [1.54, 1.807) is 13.8 Å². The number of para-hydroxylation sites is 1. The fourth-order valence-electron chi connectivity index (χ4n) is 3.13. The predicted octanol–water partition coefficient (Wildman–Crippen LogP) is 3.46. The maximum absolute atomic E-state index is 13.2. The zero-order valence-corrected chi connectivity index (χ0v) is 16.5. The first kappa shape index (κ1) is 21.4. The average Bonchev–Trinajstić information content (AvgIpc) is 2.66. The van der Waals surface area contributed by atoms with Crippen molar-refractivity contribution in [2.24, 2.45) is 5.92 Å². The molecule has 1 aliphatic heterocycles. The van der Waals surface area contributed by atoms with Gasteiger partial charge in [-0.2, -0.15) is 13.2 Å². The summed E-state index contributed by atoms with van der Waals surface area (Å²) in [6.07, 6.45) is -5.52. The number of nitrogens with two attached hydrogens (primary N) is 1. The maximum Gasteiger partial charge on any atom is 0.418 e. The summed E-state index contributed by atoms with van der Waals surface area (Å²) >= 11 is 0. The van der Waals surface area contributed by atoms with Crippen molar-refractivity contribution in [1.29, 1.82) is 0 Å². The second-order valence-electron chi connectivity index (χ2n) is 7.26. The summed E-state index contributed by atoms with van der Waals surface area (Å²) in [6, 6.07) is 6.48. The molecule has 2 unspecified atom stereocenters. The summed E-state index contributed by atoms with van der Waals surface area (Å²) in [6.45, 7) is 4.96. The summed E-state index contributed by atoms with van der Waals surface area (Å²) in [5.74, 6) is -1.14. The quantitative estimate of drug-likeness (QED) is 0.787. The minimum atomic E-state index is -4.65. The first-order valence-corrected chi connectivity index (χ1v) is 9.24. The molecule has 2 heterocycles. The number of amides is 2. The number of rotatable bonds is 4. The zero-order chi connectivity index (χ0) is 22.2. The van der Waals surface area contributed by atoms with Crippen LogP contribution in [0.2, 0.25) is 0 Å². The molecule has 0 saturated carbocycles. The molecule has 2 atom stereocenters. The van der Waals surface area contributed by atoms with Crippen LogP contribution in [0.4, 0.5) is 30.5 Å². The summed E-state index contributed by atoms with van der Waals surface area (Å²) in [5, 5.41) is 2.27. The van der Waals surface area contributed by atoms with E-state index in [9.17, 15) is 22.8 Å². The summed E-state index contributed by atoms with van der Waals surface area (Å²) in [5.41, 5.74) is 4.34. The van der Waals surface area contributed by atoms with E-state index in [0.717, 1.165) is 17.0 Å². The highest BCUT2D eigenvalue weighted by Crippen LogP contribution is 2.37. The minimum absolute atomic E-state index is 0.0451. The number of halogens is 3. The lowest BCUT2D eigenvalue weighted by Crippen LogP contribution is -2.55. The molecule has 10 heteroatoms. The number of hydrogen-bond acceptors (Lipinski definition) is 5. The van der Waals surface area contributed by atoms with Crippen molar-refractivity contribution < 1.29 is 27.5 Å². The van der Waals surface area contributed by atoms with Crippen molar-refractivity contribution >= 4 is 29.1 Å². The van der Waals surface area contributed by atoms with Gasteiger partial charge in [0.2, 0.25) is 5.91 Å². The molecule has 0 aliphatic carbocycles. The number of pyridine rings is 1. The molecule has 0 radical (unpaired) electrons. The topological polar surface area (TPSA) is 97.6 Å². The molecule has 1 aromatic heterocycles. The molecule has 0 bridgehead atoms. The van der Waals surface area contributed by atoms with Gasteiger partial charge in [0, 0.05) is 0 Å². The Bertz CT molecular complexity index is 978. The average molecular weight is 422 g/mol. The number of nitrogens with zero attached hydrogens (tertiary/aromatic N) is 2. The molecule has 3 N–H and O–H groups in total. The molecule has 1 aliphatic rings. The maximum atomic E-state index is 13.2. The molecular formula is C20H21F3N4O3. The Balaban J connectivity index is 1.96. The second kappa shape index (κ2) is 7.85. The summed E-state index contributed by atoms with van der Waals surface area (Å²) in [7, 11) is 0. The normalized spacial score (nSPS) is 17.4. The van der Waals surface area contributed by atoms with Crippen molar-refractivity contribution in [2.45, 2.75) is 39.1 Å². The standard InChI is InChI=1S/C20H21F3N4O3/c1-10(2)16-19(29)27(17-14(30-16)8-9-15(24)26-17)11(3)18(28)25-13-7-5-4-6-12(13)20(21,22)23/h4-11,16H,1-3H3,(H2,24,26)(H,25,28). The Hall–Kier alpha value is -3.30. The first-order chi connectivity index (χ1) is 14.0. The van der Waals surface area contributed by atoms with E-state index in [0.29, 0.717) is 0 Å². The van der Waals surface area contributed by atoms with Gasteiger partial charge >= 0.3 is 6.18 Å². The largest absolute Gasteiger partial charge is 0.476 e. The van der Waals surface area contributed by atoms with Crippen LogP contribution in [0.1, 0.15) is 26.3 Å². The van der Waals surface area contributed by atoms with Crippen LogP contribution in [-0.4, -0.2) is 28.9 Å². The van der Waals surface area contributed by atoms with Crippen molar-refractivity contribution in [1.82, 2.24) is 4.98 Å². The summed E-state index contributed by atoms with van der Waals surface area (Å²) in [4.78, 5) is 31.1. The molecule has 7 nitrogen and oxygen atoms in total. The molecule has 1 aromatic carbocycles. The number of aromatic nitrogens is 1. The highest BCUT2D eigenvalue weighted by molar-refractivity contribution is 6.07. The van der Waals surface area contributed by atoms with Crippen molar-refractivity contribution in [3.8, 4) is 5.75 Å². The molecule has 0 fully saturated rings. The fourth-order valence-corrected chi connectivity index (χ4v) is 3.13. The lowest BCUT2D eigenvalue weighted by Gasteiger charge is -2.37. The lowest BCUT2D eigenvalue weighted by molar-refractivity contribution is -0.137. The van der Waals surface area contributed by atoms with E-state index in [4.69, 9.17) is 10.5 Å². The van der Waals surface area contributed by atoms with Crippen LogP contribution in [0.25, 0.3) is 0 Å². The van der Waals surface area contributed by atoms with E-state index in [-0.39, 0.29) is 23.3 Å². The van der Waals surface area contributed by atoms with Gasteiger partial charge in [0.15, 0.2) is 17.7 Å².